The van der Waals surface area contributed by atoms with Gasteiger partial charge in [0.15, 0.2) is 0 Å². The van der Waals surface area contributed by atoms with E-state index in [1.165, 1.54) is 47.4 Å². The monoisotopic (exact) mass is 451 g/mol. The molecule has 162 valence electrons. The zero-order valence-electron chi connectivity index (χ0n) is 17.3. The zero-order chi connectivity index (χ0) is 22.3. The van der Waals surface area contributed by atoms with E-state index in [1.54, 1.807) is 32.0 Å². The number of hydrogen-bond acceptors (Lipinski definition) is 6. The average molecular weight is 452 g/mol. The Kier molecular flexibility index (Phi) is 8.27. The molecule has 0 radical (unpaired) electrons. The van der Waals surface area contributed by atoms with Gasteiger partial charge in [0.2, 0.25) is 10.0 Å². The number of carbonyl (C=O) groups excluding carboxylic acids is 2. The summed E-state index contributed by atoms with van der Waals surface area (Å²) in [6.45, 7) is 4.13. The van der Waals surface area contributed by atoms with E-state index in [2.05, 4.69) is 10.9 Å². The van der Waals surface area contributed by atoms with Crippen LogP contribution < -0.4 is 15.6 Å². The van der Waals surface area contributed by atoms with Gasteiger partial charge < -0.3 is 4.74 Å². The summed E-state index contributed by atoms with van der Waals surface area (Å²) in [4.78, 5) is 25.8. The number of nitrogens with zero attached hydrogens (tertiary/aromatic N) is 1. The Hall–Kier alpha value is -2.56. The lowest BCUT2D eigenvalue weighted by Crippen LogP contribution is -2.41. The topological polar surface area (TPSA) is 105 Å². The van der Waals surface area contributed by atoms with Gasteiger partial charge in [0.25, 0.3) is 11.8 Å². The van der Waals surface area contributed by atoms with Crippen molar-refractivity contribution in [3.05, 3.63) is 53.6 Å². The van der Waals surface area contributed by atoms with Crippen LogP contribution in [0.5, 0.6) is 5.75 Å². The fourth-order valence-electron chi connectivity index (χ4n) is 2.75. The smallest absolute Gasteiger partial charge is 0.273 e. The molecule has 0 saturated carbocycles. The molecule has 0 bridgehead atoms. The van der Waals surface area contributed by atoms with Crippen molar-refractivity contribution in [3.63, 3.8) is 0 Å². The van der Waals surface area contributed by atoms with Crippen molar-refractivity contribution in [1.82, 2.24) is 15.2 Å². The number of hydrogen-bond donors (Lipinski definition) is 2. The van der Waals surface area contributed by atoms with Gasteiger partial charge in [0.05, 0.1) is 17.6 Å². The maximum absolute atomic E-state index is 12.7. The minimum atomic E-state index is -3.70. The Bertz CT molecular complexity index is 1020. The SMILES string of the molecule is CCN(CC)S(=O)(=O)c1cccc(C(=O)NNC(=O)c2ccc(SC)cc2OC)c1. The normalized spacial score (nSPS) is 11.2. The number of benzene rings is 2. The van der Waals surface area contributed by atoms with Crippen LogP contribution in [0.1, 0.15) is 34.6 Å². The predicted octanol–water partition coefficient (Wildman–Crippen LogP) is 2.52. The Labute approximate surface area is 181 Å². The predicted molar refractivity (Wildman–Crippen MR) is 116 cm³/mol. The first-order chi connectivity index (χ1) is 14.3. The third kappa shape index (κ3) is 5.32. The molecule has 2 amide bonds. The lowest BCUT2D eigenvalue weighted by molar-refractivity contribution is 0.0844. The van der Waals surface area contributed by atoms with Crippen molar-refractivity contribution in [3.8, 4) is 5.75 Å². The number of amides is 2. The van der Waals surface area contributed by atoms with E-state index < -0.39 is 21.8 Å². The number of thioether (sulfide) groups is 1. The van der Waals surface area contributed by atoms with E-state index in [4.69, 9.17) is 4.74 Å². The molecule has 10 heteroatoms. The Morgan fingerprint density at radius 2 is 1.70 bits per heavy atom. The highest BCUT2D eigenvalue weighted by atomic mass is 32.2. The third-order valence-corrected chi connectivity index (χ3v) is 7.15. The second kappa shape index (κ2) is 10.5. The zero-order valence-corrected chi connectivity index (χ0v) is 18.9. The molecule has 2 rings (SSSR count). The first-order valence-electron chi connectivity index (χ1n) is 9.21. The number of carbonyl (C=O) groups is 2. The van der Waals surface area contributed by atoms with Gasteiger partial charge >= 0.3 is 0 Å². The van der Waals surface area contributed by atoms with E-state index in [0.717, 1.165) is 4.90 Å². The van der Waals surface area contributed by atoms with Crippen LogP contribution in [0.3, 0.4) is 0 Å². The first-order valence-corrected chi connectivity index (χ1v) is 11.9. The van der Waals surface area contributed by atoms with Crippen LogP contribution in [0.4, 0.5) is 0 Å². The number of hydrazine groups is 1. The molecular formula is C20H25N3O5S2. The summed E-state index contributed by atoms with van der Waals surface area (Å²) in [5.74, 6) is -0.819. The van der Waals surface area contributed by atoms with Gasteiger partial charge in [0, 0.05) is 23.5 Å². The van der Waals surface area contributed by atoms with Crippen LogP contribution in [0.2, 0.25) is 0 Å². The van der Waals surface area contributed by atoms with Crippen LogP contribution in [-0.2, 0) is 10.0 Å². The highest BCUT2D eigenvalue weighted by Crippen LogP contribution is 2.25. The van der Waals surface area contributed by atoms with Gasteiger partial charge in [-0.1, -0.05) is 19.9 Å². The minimum absolute atomic E-state index is 0.0134. The molecule has 0 fully saturated rings. The molecule has 0 aliphatic rings. The van der Waals surface area contributed by atoms with Crippen molar-refractivity contribution in [2.75, 3.05) is 26.5 Å². The van der Waals surface area contributed by atoms with Crippen LogP contribution in [-0.4, -0.2) is 51.0 Å². The van der Waals surface area contributed by atoms with Gasteiger partial charge in [0.1, 0.15) is 5.75 Å². The molecular weight excluding hydrogens is 426 g/mol. The van der Waals surface area contributed by atoms with Crippen molar-refractivity contribution in [2.24, 2.45) is 0 Å². The molecule has 8 nitrogen and oxygen atoms in total. The Balaban J connectivity index is 2.15. The standard InChI is InChI=1S/C20H25N3O5S2/c1-5-23(6-2)30(26,27)16-9-7-8-14(12-16)19(24)21-22-20(25)17-11-10-15(29-4)13-18(17)28-3/h7-13H,5-6H2,1-4H3,(H,21,24)(H,22,25). The summed E-state index contributed by atoms with van der Waals surface area (Å²) in [7, 11) is -2.24. The van der Waals surface area contributed by atoms with Gasteiger partial charge in [-0.15, -0.1) is 11.8 Å². The van der Waals surface area contributed by atoms with E-state index in [0.29, 0.717) is 18.8 Å². The van der Waals surface area contributed by atoms with E-state index in [-0.39, 0.29) is 16.0 Å². The second-order valence-electron chi connectivity index (χ2n) is 6.09. The first kappa shape index (κ1) is 23.7. The molecule has 0 aliphatic heterocycles. The molecule has 0 heterocycles. The lowest BCUT2D eigenvalue weighted by Gasteiger charge is -2.18. The molecule has 0 unspecified atom stereocenters. The molecule has 2 N–H and O–H groups in total. The van der Waals surface area contributed by atoms with Gasteiger partial charge in [-0.05, 0) is 42.7 Å². The van der Waals surface area contributed by atoms with Gasteiger partial charge in [-0.25, -0.2) is 8.42 Å². The highest BCUT2D eigenvalue weighted by molar-refractivity contribution is 7.98. The average Bonchev–Trinajstić information content (AvgIpc) is 2.77. The molecule has 0 atom stereocenters. The maximum atomic E-state index is 12.7. The molecule has 0 spiro atoms. The van der Waals surface area contributed by atoms with E-state index >= 15 is 0 Å². The molecule has 0 aliphatic carbocycles. The van der Waals surface area contributed by atoms with E-state index in [1.807, 2.05) is 6.26 Å². The minimum Gasteiger partial charge on any atom is -0.496 e. The van der Waals surface area contributed by atoms with Crippen LogP contribution >= 0.6 is 11.8 Å². The molecule has 0 aromatic heterocycles. The molecule has 30 heavy (non-hydrogen) atoms. The highest BCUT2D eigenvalue weighted by Gasteiger charge is 2.22. The van der Waals surface area contributed by atoms with Crippen molar-refractivity contribution in [2.45, 2.75) is 23.6 Å². The van der Waals surface area contributed by atoms with E-state index in [9.17, 15) is 18.0 Å². The number of sulfonamides is 1. The Morgan fingerprint density at radius 3 is 2.30 bits per heavy atom. The van der Waals surface area contributed by atoms with Crippen LogP contribution in [0.15, 0.2) is 52.3 Å². The third-order valence-electron chi connectivity index (χ3n) is 4.38. The summed E-state index contributed by atoms with van der Waals surface area (Å²) >= 11 is 1.51. The summed E-state index contributed by atoms with van der Waals surface area (Å²) in [5.41, 5.74) is 5.00. The number of methoxy groups -OCH3 is 1. The fourth-order valence-corrected chi connectivity index (χ4v) is 4.68. The van der Waals surface area contributed by atoms with Crippen LogP contribution in [0, 0.1) is 0 Å². The summed E-state index contributed by atoms with van der Waals surface area (Å²) in [6, 6.07) is 10.8. The van der Waals surface area contributed by atoms with Crippen LogP contribution in [0.25, 0.3) is 0 Å². The number of nitrogens with one attached hydrogen (secondary N) is 2. The van der Waals surface area contributed by atoms with Gasteiger partial charge in [-0.3, -0.25) is 20.4 Å². The number of ether oxygens (including phenoxy) is 1. The summed E-state index contributed by atoms with van der Waals surface area (Å²) in [6.07, 6.45) is 1.91. The largest absolute Gasteiger partial charge is 0.496 e. The summed E-state index contributed by atoms with van der Waals surface area (Å²) < 4.78 is 31.8. The lowest BCUT2D eigenvalue weighted by atomic mass is 10.2. The molecule has 2 aromatic rings. The fraction of sp³-hybridized carbons (Fsp3) is 0.300. The van der Waals surface area contributed by atoms with Crippen molar-refractivity contribution >= 4 is 33.6 Å². The molecule has 2 aromatic carbocycles. The van der Waals surface area contributed by atoms with Gasteiger partial charge in [-0.2, -0.15) is 4.31 Å². The number of rotatable bonds is 8. The van der Waals surface area contributed by atoms with Crippen molar-refractivity contribution < 1.29 is 22.7 Å². The summed E-state index contributed by atoms with van der Waals surface area (Å²) in [5, 5.41) is 0. The van der Waals surface area contributed by atoms with Crippen molar-refractivity contribution in [1.29, 1.82) is 0 Å². The molecule has 0 saturated heterocycles. The quantitative estimate of drug-likeness (QED) is 0.472. The maximum Gasteiger partial charge on any atom is 0.273 e. The second-order valence-corrected chi connectivity index (χ2v) is 8.91. The Morgan fingerprint density at radius 1 is 1.03 bits per heavy atom.